The SMILES string of the molecule is CC(C)CCN(c1ccc(NCc2ccc(O)cc2)cc1)C1CCN(C(=O)[CH]CC(C)C(N)=O)CC1. The van der Waals surface area contributed by atoms with Crippen molar-refractivity contribution in [1.82, 2.24) is 4.90 Å². The van der Waals surface area contributed by atoms with Crippen molar-refractivity contribution >= 4 is 23.2 Å². The molecule has 3 rings (SSSR count). The van der Waals surface area contributed by atoms with E-state index < -0.39 is 0 Å². The lowest BCUT2D eigenvalue weighted by molar-refractivity contribution is -0.129. The molecule has 2 aromatic carbocycles. The van der Waals surface area contributed by atoms with Crippen LogP contribution < -0.4 is 16.0 Å². The molecule has 1 aliphatic heterocycles. The molecule has 1 heterocycles. The van der Waals surface area contributed by atoms with Gasteiger partial charge in [-0.2, -0.15) is 0 Å². The molecule has 0 bridgehead atoms. The number of aromatic hydroxyl groups is 1. The van der Waals surface area contributed by atoms with Crippen LogP contribution >= 0.6 is 0 Å². The van der Waals surface area contributed by atoms with E-state index in [1.54, 1.807) is 25.5 Å². The molecule has 7 nitrogen and oxygen atoms in total. The van der Waals surface area contributed by atoms with Crippen LogP contribution in [0.1, 0.15) is 52.0 Å². The fourth-order valence-corrected chi connectivity index (χ4v) is 4.43. The summed E-state index contributed by atoms with van der Waals surface area (Å²) < 4.78 is 0. The molecule has 1 saturated heterocycles. The van der Waals surface area contributed by atoms with Crippen LogP contribution in [0.15, 0.2) is 48.5 Å². The normalized spacial score (nSPS) is 15.1. The van der Waals surface area contributed by atoms with E-state index in [2.05, 4.69) is 48.3 Å². The van der Waals surface area contributed by atoms with E-state index in [4.69, 9.17) is 5.73 Å². The molecule has 4 N–H and O–H groups in total. The van der Waals surface area contributed by atoms with Crippen molar-refractivity contribution in [2.24, 2.45) is 17.6 Å². The standard InChI is InChI=1S/C29H41N4O3/c1-21(2)14-19-33(26-15-17-32(18-16-26)28(35)13-4-22(3)29(30)36)25-9-7-24(8-10-25)31-20-23-5-11-27(34)12-6-23/h5-13,21-22,26,31,34H,4,14-20H2,1-3H3,(H2,30,36). The predicted molar refractivity (Wildman–Crippen MR) is 146 cm³/mol. The van der Waals surface area contributed by atoms with E-state index in [0.717, 1.165) is 50.1 Å². The lowest BCUT2D eigenvalue weighted by atomic mass is 9.99. The minimum absolute atomic E-state index is 0.000615. The maximum absolute atomic E-state index is 12.6. The van der Waals surface area contributed by atoms with Gasteiger partial charge in [0.15, 0.2) is 0 Å². The number of nitrogens with two attached hydrogens (primary N) is 1. The largest absolute Gasteiger partial charge is 0.508 e. The molecule has 1 unspecified atom stereocenters. The fraction of sp³-hybridized carbons (Fsp3) is 0.483. The van der Waals surface area contributed by atoms with Crippen molar-refractivity contribution in [3.05, 3.63) is 60.5 Å². The molecule has 2 aromatic rings. The number of benzene rings is 2. The van der Waals surface area contributed by atoms with Crippen LogP contribution in [0.5, 0.6) is 5.75 Å². The van der Waals surface area contributed by atoms with Crippen molar-refractivity contribution in [3.63, 3.8) is 0 Å². The minimum atomic E-state index is -0.375. The van der Waals surface area contributed by atoms with E-state index in [1.165, 1.54) is 5.69 Å². The Bertz CT molecular complexity index is 967. The predicted octanol–water partition coefficient (Wildman–Crippen LogP) is 4.56. The summed E-state index contributed by atoms with van der Waals surface area (Å²) in [6.45, 7) is 9.36. The van der Waals surface area contributed by atoms with E-state index in [0.29, 0.717) is 24.9 Å². The molecule has 0 aromatic heterocycles. The Hall–Kier alpha value is -3.22. The van der Waals surface area contributed by atoms with Gasteiger partial charge in [-0.1, -0.05) is 32.9 Å². The topological polar surface area (TPSA) is 98.9 Å². The van der Waals surface area contributed by atoms with Gasteiger partial charge in [-0.15, -0.1) is 0 Å². The molecule has 1 aliphatic rings. The Kier molecular flexibility index (Phi) is 10.0. The zero-order valence-electron chi connectivity index (χ0n) is 21.8. The molecule has 0 aliphatic carbocycles. The number of phenols is 1. The van der Waals surface area contributed by atoms with Gasteiger partial charge in [0.05, 0.1) is 6.42 Å². The molecule has 1 atom stereocenters. The van der Waals surface area contributed by atoms with Crippen molar-refractivity contribution in [2.75, 3.05) is 29.9 Å². The minimum Gasteiger partial charge on any atom is -0.508 e. The highest BCUT2D eigenvalue weighted by Crippen LogP contribution is 2.27. The molecule has 195 valence electrons. The first-order valence-corrected chi connectivity index (χ1v) is 13.0. The third kappa shape index (κ3) is 8.18. The second-order valence-electron chi connectivity index (χ2n) is 10.2. The van der Waals surface area contributed by atoms with Gasteiger partial charge >= 0.3 is 0 Å². The van der Waals surface area contributed by atoms with Gasteiger partial charge in [-0.3, -0.25) is 9.59 Å². The number of primary amides is 1. The number of nitrogens with zero attached hydrogens (tertiary/aromatic N) is 2. The van der Waals surface area contributed by atoms with E-state index in [1.807, 2.05) is 17.0 Å². The monoisotopic (exact) mass is 493 g/mol. The second kappa shape index (κ2) is 13.2. The van der Waals surface area contributed by atoms with Gasteiger partial charge in [-0.05, 0) is 73.6 Å². The van der Waals surface area contributed by atoms with Crippen molar-refractivity contribution in [1.29, 1.82) is 0 Å². The number of piperidine rings is 1. The highest BCUT2D eigenvalue weighted by atomic mass is 16.3. The number of carbonyl (C=O) groups excluding carboxylic acids is 2. The third-order valence-electron chi connectivity index (χ3n) is 6.93. The number of hydrogen-bond acceptors (Lipinski definition) is 5. The van der Waals surface area contributed by atoms with Crippen LogP contribution in [0.25, 0.3) is 0 Å². The van der Waals surface area contributed by atoms with E-state index >= 15 is 0 Å². The Morgan fingerprint density at radius 3 is 2.31 bits per heavy atom. The quantitative estimate of drug-likeness (QED) is 0.402. The van der Waals surface area contributed by atoms with Crippen LogP contribution in [0.3, 0.4) is 0 Å². The van der Waals surface area contributed by atoms with Crippen LogP contribution in [0.4, 0.5) is 11.4 Å². The zero-order valence-corrected chi connectivity index (χ0v) is 21.8. The number of phenolic OH excluding ortho intramolecular Hbond substituents is 1. The molecule has 1 radical (unpaired) electrons. The van der Waals surface area contributed by atoms with Crippen LogP contribution in [0.2, 0.25) is 0 Å². The number of carbonyl (C=O) groups is 2. The zero-order chi connectivity index (χ0) is 26.1. The summed E-state index contributed by atoms with van der Waals surface area (Å²) in [5.74, 6) is 0.189. The summed E-state index contributed by atoms with van der Waals surface area (Å²) in [4.78, 5) is 28.2. The van der Waals surface area contributed by atoms with Gasteiger partial charge in [0.25, 0.3) is 0 Å². The van der Waals surface area contributed by atoms with Crippen molar-refractivity contribution < 1.29 is 14.7 Å². The van der Waals surface area contributed by atoms with Gasteiger partial charge in [0.1, 0.15) is 5.75 Å². The highest BCUT2D eigenvalue weighted by Gasteiger charge is 2.27. The number of hydrogen-bond donors (Lipinski definition) is 3. The number of nitrogens with one attached hydrogen (secondary N) is 1. The maximum Gasteiger partial charge on any atom is 0.226 e. The lowest BCUT2D eigenvalue weighted by Crippen LogP contribution is -2.47. The van der Waals surface area contributed by atoms with Crippen LogP contribution in [-0.4, -0.2) is 47.5 Å². The molecule has 0 saturated carbocycles. The Balaban J connectivity index is 1.57. The Labute approximate surface area is 215 Å². The Morgan fingerprint density at radius 1 is 1.08 bits per heavy atom. The molecule has 2 amide bonds. The first-order valence-electron chi connectivity index (χ1n) is 13.0. The summed E-state index contributed by atoms with van der Waals surface area (Å²) in [7, 11) is 0. The van der Waals surface area contributed by atoms with E-state index in [-0.39, 0.29) is 23.5 Å². The number of likely N-dealkylation sites (tertiary alicyclic amines) is 1. The van der Waals surface area contributed by atoms with Crippen LogP contribution in [0, 0.1) is 18.3 Å². The first-order chi connectivity index (χ1) is 17.2. The molecule has 0 spiro atoms. The smallest absolute Gasteiger partial charge is 0.226 e. The summed E-state index contributed by atoms with van der Waals surface area (Å²) in [6.07, 6.45) is 4.95. The lowest BCUT2D eigenvalue weighted by Gasteiger charge is -2.40. The summed E-state index contributed by atoms with van der Waals surface area (Å²) >= 11 is 0. The average Bonchev–Trinajstić information content (AvgIpc) is 2.87. The average molecular weight is 494 g/mol. The summed E-state index contributed by atoms with van der Waals surface area (Å²) in [5.41, 5.74) is 8.68. The number of rotatable bonds is 12. The summed E-state index contributed by atoms with van der Waals surface area (Å²) in [5, 5.41) is 12.9. The maximum atomic E-state index is 12.6. The second-order valence-corrected chi connectivity index (χ2v) is 10.2. The van der Waals surface area contributed by atoms with Gasteiger partial charge in [0.2, 0.25) is 11.8 Å². The summed E-state index contributed by atoms with van der Waals surface area (Å²) in [6, 6.07) is 16.2. The van der Waals surface area contributed by atoms with Crippen LogP contribution in [-0.2, 0) is 16.1 Å². The van der Waals surface area contributed by atoms with Crippen molar-refractivity contribution in [2.45, 2.75) is 59.0 Å². The fourth-order valence-electron chi connectivity index (χ4n) is 4.43. The highest BCUT2D eigenvalue weighted by molar-refractivity contribution is 5.86. The molecule has 7 heteroatoms. The number of amides is 2. The number of anilines is 2. The molecule has 36 heavy (non-hydrogen) atoms. The molecule has 1 fully saturated rings. The van der Waals surface area contributed by atoms with Crippen molar-refractivity contribution in [3.8, 4) is 5.75 Å². The first kappa shape index (κ1) is 27.4. The van der Waals surface area contributed by atoms with Gasteiger partial charge in [-0.25, -0.2) is 0 Å². The van der Waals surface area contributed by atoms with Gasteiger partial charge < -0.3 is 26.0 Å². The molecular weight excluding hydrogens is 452 g/mol. The third-order valence-corrected chi connectivity index (χ3v) is 6.93. The molecular formula is C29H41N4O3. The van der Waals surface area contributed by atoms with Gasteiger partial charge in [0, 0.05) is 49.5 Å². The Morgan fingerprint density at radius 2 is 1.72 bits per heavy atom. The van der Waals surface area contributed by atoms with E-state index in [9.17, 15) is 14.7 Å².